The number of halogens is 3. The third-order valence-electron chi connectivity index (χ3n) is 5.09. The van der Waals surface area contributed by atoms with Gasteiger partial charge in [0.1, 0.15) is 11.6 Å². The first-order valence-electron chi connectivity index (χ1n) is 8.96. The number of aryl methyl sites for hydroxylation is 1. The summed E-state index contributed by atoms with van der Waals surface area (Å²) in [6, 6.07) is 2.01. The molecular formula is C18H19F3N6O2. The minimum Gasteiger partial charge on any atom is -0.467 e. The molecule has 0 bridgehead atoms. The van der Waals surface area contributed by atoms with Crippen LogP contribution in [-0.4, -0.2) is 31.6 Å². The van der Waals surface area contributed by atoms with Crippen molar-refractivity contribution in [3.63, 3.8) is 0 Å². The quantitative estimate of drug-likeness (QED) is 0.692. The zero-order valence-electron chi connectivity index (χ0n) is 15.7. The highest BCUT2D eigenvalue weighted by molar-refractivity contribution is 5.93. The van der Waals surface area contributed by atoms with Gasteiger partial charge in [-0.1, -0.05) is 0 Å². The van der Waals surface area contributed by atoms with Gasteiger partial charge in [-0.3, -0.25) is 9.48 Å². The zero-order chi connectivity index (χ0) is 20.8. The number of nitrogens with zero attached hydrogens (tertiary/aromatic N) is 4. The van der Waals surface area contributed by atoms with Crippen LogP contribution in [0.4, 0.5) is 19.0 Å². The van der Waals surface area contributed by atoms with Crippen LogP contribution in [0.15, 0.2) is 35.1 Å². The lowest BCUT2D eigenvalue weighted by molar-refractivity contribution is -0.174. The van der Waals surface area contributed by atoms with Gasteiger partial charge in [-0.25, -0.2) is 4.68 Å². The van der Waals surface area contributed by atoms with E-state index < -0.39 is 24.2 Å². The van der Waals surface area contributed by atoms with Crippen molar-refractivity contribution >= 4 is 11.7 Å². The number of amides is 1. The van der Waals surface area contributed by atoms with Crippen molar-refractivity contribution in [2.75, 3.05) is 5.32 Å². The Morgan fingerprint density at radius 2 is 2.24 bits per heavy atom. The number of fused-ring (bicyclic) bond motifs is 1. The van der Waals surface area contributed by atoms with Gasteiger partial charge in [0.25, 0.3) is 5.91 Å². The molecule has 0 aliphatic carbocycles. The molecule has 4 rings (SSSR count). The summed E-state index contributed by atoms with van der Waals surface area (Å²) in [5.41, 5.74) is 1.60. The van der Waals surface area contributed by atoms with E-state index in [4.69, 9.17) is 4.42 Å². The van der Waals surface area contributed by atoms with Crippen LogP contribution >= 0.6 is 0 Å². The number of hydrogen-bond acceptors (Lipinski definition) is 5. The summed E-state index contributed by atoms with van der Waals surface area (Å²) in [7, 11) is 1.78. The van der Waals surface area contributed by atoms with E-state index in [2.05, 4.69) is 20.8 Å². The molecule has 0 radical (unpaired) electrons. The van der Waals surface area contributed by atoms with Crippen LogP contribution in [0.1, 0.15) is 46.0 Å². The molecule has 1 aliphatic heterocycles. The lowest BCUT2D eigenvalue weighted by Gasteiger charge is -2.32. The molecule has 0 saturated heterocycles. The lowest BCUT2D eigenvalue weighted by atomic mass is 10.0. The SMILES string of the molecule is Cc1c(CNC(=O)c2cc3n(n2)[C@H](C(F)(F)F)C[C@@H](c2ccco2)N3)cnn1C. The van der Waals surface area contributed by atoms with Gasteiger partial charge in [0.15, 0.2) is 11.7 Å². The van der Waals surface area contributed by atoms with Crippen molar-refractivity contribution in [3.05, 3.63) is 53.4 Å². The van der Waals surface area contributed by atoms with Crippen LogP contribution < -0.4 is 10.6 Å². The summed E-state index contributed by atoms with van der Waals surface area (Å²) in [5.74, 6) is -0.0557. The Bertz CT molecular complexity index is 1020. The summed E-state index contributed by atoms with van der Waals surface area (Å²) >= 11 is 0. The van der Waals surface area contributed by atoms with Gasteiger partial charge in [-0.05, 0) is 19.1 Å². The molecule has 4 heterocycles. The van der Waals surface area contributed by atoms with E-state index in [9.17, 15) is 18.0 Å². The standard InChI is InChI=1S/C18H19F3N6O2/c1-10-11(9-23-26(10)2)8-22-17(28)13-7-16-24-12(14-4-3-5-29-14)6-15(18(19,20)21)27(16)25-13/h3-5,7,9,12,15,24H,6,8H2,1-2H3,(H,22,28)/t12-,15-/m0/s1. The lowest BCUT2D eigenvalue weighted by Crippen LogP contribution is -2.35. The second kappa shape index (κ2) is 6.98. The predicted octanol–water partition coefficient (Wildman–Crippen LogP) is 3.11. The third kappa shape index (κ3) is 3.59. The largest absolute Gasteiger partial charge is 0.467 e. The van der Waals surface area contributed by atoms with Crippen LogP contribution in [0.2, 0.25) is 0 Å². The molecule has 11 heteroatoms. The highest BCUT2D eigenvalue weighted by atomic mass is 19.4. The number of carbonyl (C=O) groups excluding carboxylic acids is 1. The van der Waals surface area contributed by atoms with E-state index in [1.54, 1.807) is 30.1 Å². The van der Waals surface area contributed by atoms with E-state index >= 15 is 0 Å². The van der Waals surface area contributed by atoms with Gasteiger partial charge in [0.05, 0.1) is 18.5 Å². The van der Waals surface area contributed by atoms with Gasteiger partial charge >= 0.3 is 6.18 Å². The van der Waals surface area contributed by atoms with Crippen LogP contribution in [0.25, 0.3) is 0 Å². The van der Waals surface area contributed by atoms with Crippen LogP contribution in [0.3, 0.4) is 0 Å². The van der Waals surface area contributed by atoms with E-state index in [0.29, 0.717) is 5.76 Å². The first-order valence-corrected chi connectivity index (χ1v) is 8.96. The maximum Gasteiger partial charge on any atom is 0.410 e. The fourth-order valence-corrected chi connectivity index (χ4v) is 3.34. The third-order valence-corrected chi connectivity index (χ3v) is 5.09. The molecule has 3 aromatic rings. The number of furan rings is 1. The average Bonchev–Trinajstić information content (AvgIpc) is 3.40. The van der Waals surface area contributed by atoms with Crippen molar-refractivity contribution in [2.45, 2.75) is 38.1 Å². The van der Waals surface area contributed by atoms with Gasteiger partial charge in [0, 0.05) is 37.3 Å². The molecule has 2 N–H and O–H groups in total. The Morgan fingerprint density at radius 1 is 1.45 bits per heavy atom. The Kier molecular flexibility index (Phi) is 4.59. The van der Waals surface area contributed by atoms with Crippen molar-refractivity contribution < 1.29 is 22.4 Å². The molecule has 0 saturated carbocycles. The maximum atomic E-state index is 13.6. The minimum atomic E-state index is -4.52. The highest BCUT2D eigenvalue weighted by Crippen LogP contribution is 2.43. The Hall–Kier alpha value is -3.24. The van der Waals surface area contributed by atoms with Crippen LogP contribution in [0, 0.1) is 6.92 Å². The normalized spacial score (nSPS) is 18.9. The van der Waals surface area contributed by atoms with Gasteiger partial charge in [-0.15, -0.1) is 0 Å². The zero-order valence-corrected chi connectivity index (χ0v) is 15.7. The molecule has 1 aliphatic rings. The first kappa shape index (κ1) is 19.1. The summed E-state index contributed by atoms with van der Waals surface area (Å²) in [6.45, 7) is 2.06. The summed E-state index contributed by atoms with van der Waals surface area (Å²) in [5, 5.41) is 13.7. The van der Waals surface area contributed by atoms with Gasteiger partial charge in [0.2, 0.25) is 0 Å². The minimum absolute atomic E-state index is 0.0941. The molecule has 0 aromatic carbocycles. The summed E-state index contributed by atoms with van der Waals surface area (Å²) in [6.07, 6.45) is -1.77. The number of rotatable bonds is 4. The number of nitrogens with one attached hydrogen (secondary N) is 2. The maximum absolute atomic E-state index is 13.6. The monoisotopic (exact) mass is 408 g/mol. The molecule has 2 atom stereocenters. The topological polar surface area (TPSA) is 89.9 Å². The first-order chi connectivity index (χ1) is 13.7. The second-order valence-electron chi connectivity index (χ2n) is 6.93. The molecule has 0 unspecified atom stereocenters. The van der Waals surface area contributed by atoms with Crippen molar-refractivity contribution in [1.29, 1.82) is 0 Å². The van der Waals surface area contributed by atoms with Gasteiger partial charge < -0.3 is 15.1 Å². The fourth-order valence-electron chi connectivity index (χ4n) is 3.34. The van der Waals surface area contributed by atoms with Crippen LogP contribution in [0.5, 0.6) is 0 Å². The molecule has 154 valence electrons. The van der Waals surface area contributed by atoms with E-state index in [1.165, 1.54) is 12.3 Å². The summed E-state index contributed by atoms with van der Waals surface area (Å²) in [4.78, 5) is 12.5. The Morgan fingerprint density at radius 3 is 2.86 bits per heavy atom. The molecule has 8 nitrogen and oxygen atoms in total. The van der Waals surface area contributed by atoms with Crippen molar-refractivity contribution in [1.82, 2.24) is 24.9 Å². The molecule has 1 amide bonds. The highest BCUT2D eigenvalue weighted by Gasteiger charge is 2.47. The van der Waals surface area contributed by atoms with E-state index in [0.717, 1.165) is 15.9 Å². The average molecular weight is 408 g/mol. The van der Waals surface area contributed by atoms with Crippen molar-refractivity contribution in [2.24, 2.45) is 7.05 Å². The Labute approximate surface area is 163 Å². The number of anilines is 1. The molecule has 29 heavy (non-hydrogen) atoms. The van der Waals surface area contributed by atoms with E-state index in [1.807, 2.05) is 6.92 Å². The van der Waals surface area contributed by atoms with E-state index in [-0.39, 0.29) is 24.5 Å². The number of alkyl halides is 3. The number of carbonyl (C=O) groups is 1. The Balaban J connectivity index is 1.57. The summed E-state index contributed by atoms with van der Waals surface area (Å²) < 4.78 is 48.6. The number of hydrogen-bond donors (Lipinski definition) is 2. The second-order valence-corrected chi connectivity index (χ2v) is 6.93. The predicted molar refractivity (Wildman–Crippen MR) is 96.1 cm³/mol. The molecule has 0 fully saturated rings. The van der Waals surface area contributed by atoms with Crippen LogP contribution in [-0.2, 0) is 13.6 Å². The molecule has 0 spiro atoms. The smallest absolute Gasteiger partial charge is 0.410 e. The molecular weight excluding hydrogens is 389 g/mol. The van der Waals surface area contributed by atoms with Gasteiger partial charge in [-0.2, -0.15) is 23.4 Å². The number of aromatic nitrogens is 4. The molecule has 3 aromatic heterocycles. The fraction of sp³-hybridized carbons (Fsp3) is 0.389. The van der Waals surface area contributed by atoms with Crippen molar-refractivity contribution in [3.8, 4) is 0 Å².